The number of benzene rings is 1. The highest BCUT2D eigenvalue weighted by Crippen LogP contribution is 2.27. The topological polar surface area (TPSA) is 110 Å². The molecule has 0 aromatic heterocycles. The number of hydrogen-bond acceptors (Lipinski definition) is 5. The first-order valence-corrected chi connectivity index (χ1v) is 7.60. The standard InChI is InChI=1S/C11H15ClN2O5S/c1-3-11(2,7-15)13-20(18,19)8-4-5-9(12)10(6-8)14(16)17/h4-6,13,15H,3,7H2,1-2H3. The van der Waals surface area contributed by atoms with E-state index in [2.05, 4.69) is 4.72 Å². The van der Waals surface area contributed by atoms with Crippen molar-refractivity contribution in [2.45, 2.75) is 30.7 Å². The van der Waals surface area contributed by atoms with Gasteiger partial charge in [0.25, 0.3) is 5.69 Å². The molecule has 0 spiro atoms. The highest BCUT2D eigenvalue weighted by atomic mass is 35.5. The number of nitrogens with one attached hydrogen (secondary N) is 1. The van der Waals surface area contributed by atoms with Crippen molar-refractivity contribution in [3.05, 3.63) is 33.3 Å². The van der Waals surface area contributed by atoms with Crippen LogP contribution in [0.4, 0.5) is 5.69 Å². The summed E-state index contributed by atoms with van der Waals surface area (Å²) in [5.74, 6) is 0. The number of nitro benzene ring substituents is 1. The van der Waals surface area contributed by atoms with Gasteiger partial charge in [-0.15, -0.1) is 0 Å². The lowest BCUT2D eigenvalue weighted by Crippen LogP contribution is -2.48. The number of rotatable bonds is 6. The van der Waals surface area contributed by atoms with Gasteiger partial charge in [0.15, 0.2) is 0 Å². The molecule has 1 aromatic rings. The zero-order chi connectivity index (χ0) is 15.6. The van der Waals surface area contributed by atoms with E-state index in [0.717, 1.165) is 12.1 Å². The minimum absolute atomic E-state index is 0.144. The Morgan fingerprint density at radius 3 is 2.55 bits per heavy atom. The van der Waals surface area contributed by atoms with E-state index in [9.17, 15) is 23.6 Å². The lowest BCUT2D eigenvalue weighted by Gasteiger charge is -2.26. The summed E-state index contributed by atoms with van der Waals surface area (Å²) in [7, 11) is -3.99. The summed E-state index contributed by atoms with van der Waals surface area (Å²) in [6.07, 6.45) is 0.360. The van der Waals surface area contributed by atoms with Gasteiger partial charge in [0, 0.05) is 6.07 Å². The first kappa shape index (κ1) is 16.8. The average molecular weight is 323 g/mol. The van der Waals surface area contributed by atoms with Gasteiger partial charge in [-0.3, -0.25) is 10.1 Å². The Balaban J connectivity index is 3.23. The summed E-state index contributed by atoms with van der Waals surface area (Å²) in [5.41, 5.74) is -1.52. The number of hydrogen-bond donors (Lipinski definition) is 2. The fourth-order valence-electron chi connectivity index (χ4n) is 1.40. The third-order valence-corrected chi connectivity index (χ3v) is 4.89. The molecule has 1 unspecified atom stereocenters. The molecule has 9 heteroatoms. The van der Waals surface area contributed by atoms with Crippen LogP contribution in [0, 0.1) is 10.1 Å². The number of nitrogens with zero attached hydrogens (tertiary/aromatic N) is 1. The maximum atomic E-state index is 12.2. The Morgan fingerprint density at radius 2 is 2.10 bits per heavy atom. The zero-order valence-corrected chi connectivity index (χ0v) is 12.5. The fourth-order valence-corrected chi connectivity index (χ4v) is 3.08. The summed E-state index contributed by atoms with van der Waals surface area (Å²) in [6, 6.07) is 3.21. The van der Waals surface area contributed by atoms with Crippen LogP contribution in [0.5, 0.6) is 0 Å². The Hall–Kier alpha value is -1.22. The molecule has 112 valence electrons. The maximum Gasteiger partial charge on any atom is 0.289 e. The van der Waals surface area contributed by atoms with E-state index in [1.54, 1.807) is 6.92 Å². The van der Waals surface area contributed by atoms with Crippen LogP contribution < -0.4 is 4.72 Å². The summed E-state index contributed by atoms with van der Waals surface area (Å²) in [4.78, 5) is 9.73. The monoisotopic (exact) mass is 322 g/mol. The maximum absolute atomic E-state index is 12.2. The predicted octanol–water partition coefficient (Wildman–Crippen LogP) is 1.69. The highest BCUT2D eigenvalue weighted by molar-refractivity contribution is 7.89. The second kappa shape index (κ2) is 6.04. The molecule has 2 N–H and O–H groups in total. The second-order valence-electron chi connectivity index (χ2n) is 4.55. The molecule has 0 radical (unpaired) electrons. The molecule has 7 nitrogen and oxygen atoms in total. The summed E-state index contributed by atoms with van der Waals surface area (Å²) in [5, 5.41) is 19.8. The summed E-state index contributed by atoms with van der Waals surface area (Å²) < 4.78 is 26.7. The third kappa shape index (κ3) is 3.66. The van der Waals surface area contributed by atoms with Crippen molar-refractivity contribution >= 4 is 27.3 Å². The van der Waals surface area contributed by atoms with Gasteiger partial charge in [0.1, 0.15) is 5.02 Å². The molecule has 0 saturated carbocycles. The molecular formula is C11H15ClN2O5S. The molecule has 0 aliphatic heterocycles. The molecule has 0 saturated heterocycles. The van der Waals surface area contributed by atoms with E-state index in [4.69, 9.17) is 11.6 Å². The van der Waals surface area contributed by atoms with Crippen LogP contribution in [0.1, 0.15) is 20.3 Å². The fraction of sp³-hybridized carbons (Fsp3) is 0.455. The van der Waals surface area contributed by atoms with Crippen LogP contribution in [-0.4, -0.2) is 30.6 Å². The Morgan fingerprint density at radius 1 is 1.50 bits per heavy atom. The SMILES string of the molecule is CCC(C)(CO)NS(=O)(=O)c1ccc(Cl)c([N+](=O)[O-])c1. The van der Waals surface area contributed by atoms with E-state index in [-0.39, 0.29) is 9.92 Å². The molecule has 1 aromatic carbocycles. The van der Waals surface area contributed by atoms with Gasteiger partial charge in [-0.05, 0) is 25.5 Å². The Bertz CT molecular complexity index is 613. The van der Waals surface area contributed by atoms with Gasteiger partial charge in [-0.25, -0.2) is 13.1 Å². The van der Waals surface area contributed by atoms with Gasteiger partial charge < -0.3 is 5.11 Å². The lowest BCUT2D eigenvalue weighted by atomic mass is 10.0. The number of halogens is 1. The van der Waals surface area contributed by atoms with Crippen molar-refractivity contribution in [2.75, 3.05) is 6.61 Å². The zero-order valence-electron chi connectivity index (χ0n) is 11.0. The molecule has 0 bridgehead atoms. The van der Waals surface area contributed by atoms with Crippen LogP contribution in [0.25, 0.3) is 0 Å². The van der Waals surface area contributed by atoms with Crippen LogP contribution in [0.2, 0.25) is 5.02 Å². The first-order chi connectivity index (χ1) is 9.15. The van der Waals surface area contributed by atoms with E-state index in [1.807, 2.05) is 0 Å². The van der Waals surface area contributed by atoms with Crippen LogP contribution >= 0.6 is 11.6 Å². The lowest BCUT2D eigenvalue weighted by molar-refractivity contribution is -0.384. The second-order valence-corrected chi connectivity index (χ2v) is 6.64. The van der Waals surface area contributed by atoms with E-state index >= 15 is 0 Å². The van der Waals surface area contributed by atoms with Crippen molar-refractivity contribution in [3.63, 3.8) is 0 Å². The van der Waals surface area contributed by atoms with Crippen molar-refractivity contribution in [1.82, 2.24) is 4.72 Å². The predicted molar refractivity (Wildman–Crippen MR) is 74.2 cm³/mol. The smallest absolute Gasteiger partial charge is 0.289 e. The van der Waals surface area contributed by atoms with Crippen LogP contribution in [-0.2, 0) is 10.0 Å². The van der Waals surface area contributed by atoms with Crippen molar-refractivity contribution in [2.24, 2.45) is 0 Å². The normalized spacial score (nSPS) is 14.8. The van der Waals surface area contributed by atoms with Gasteiger partial charge in [0.2, 0.25) is 10.0 Å². The molecule has 0 amide bonds. The van der Waals surface area contributed by atoms with Gasteiger partial charge >= 0.3 is 0 Å². The Labute approximate surface area is 121 Å². The molecule has 20 heavy (non-hydrogen) atoms. The average Bonchev–Trinajstić information content (AvgIpc) is 2.38. The number of aliphatic hydroxyl groups is 1. The van der Waals surface area contributed by atoms with Crippen molar-refractivity contribution in [3.8, 4) is 0 Å². The highest BCUT2D eigenvalue weighted by Gasteiger charge is 2.29. The Kier molecular flexibility index (Phi) is 5.09. The van der Waals surface area contributed by atoms with Crippen LogP contribution in [0.15, 0.2) is 23.1 Å². The van der Waals surface area contributed by atoms with Gasteiger partial charge in [0.05, 0.1) is 22.0 Å². The van der Waals surface area contributed by atoms with E-state index in [1.165, 1.54) is 13.0 Å². The minimum atomic E-state index is -3.99. The number of sulfonamides is 1. The quantitative estimate of drug-likeness (QED) is 0.611. The van der Waals surface area contributed by atoms with Crippen LogP contribution in [0.3, 0.4) is 0 Å². The summed E-state index contributed by atoms with van der Waals surface area (Å²) in [6.45, 7) is 2.86. The van der Waals surface area contributed by atoms with E-state index in [0.29, 0.717) is 6.42 Å². The van der Waals surface area contributed by atoms with E-state index < -0.39 is 32.8 Å². The minimum Gasteiger partial charge on any atom is -0.394 e. The summed E-state index contributed by atoms with van der Waals surface area (Å²) >= 11 is 5.63. The largest absolute Gasteiger partial charge is 0.394 e. The number of aliphatic hydroxyl groups excluding tert-OH is 1. The molecule has 0 aliphatic rings. The first-order valence-electron chi connectivity index (χ1n) is 5.74. The molecule has 0 aliphatic carbocycles. The molecule has 0 heterocycles. The van der Waals surface area contributed by atoms with Crippen molar-refractivity contribution < 1.29 is 18.4 Å². The third-order valence-electron chi connectivity index (χ3n) is 2.93. The molecular weight excluding hydrogens is 308 g/mol. The number of nitro groups is 1. The van der Waals surface area contributed by atoms with Crippen molar-refractivity contribution in [1.29, 1.82) is 0 Å². The molecule has 1 atom stereocenters. The van der Waals surface area contributed by atoms with Gasteiger partial charge in [-0.1, -0.05) is 18.5 Å². The molecule has 0 fully saturated rings. The van der Waals surface area contributed by atoms with Gasteiger partial charge in [-0.2, -0.15) is 0 Å². The molecule has 1 rings (SSSR count).